The van der Waals surface area contributed by atoms with E-state index in [1.165, 1.54) is 44.9 Å². The van der Waals surface area contributed by atoms with Crippen molar-refractivity contribution in [1.29, 1.82) is 5.41 Å². The Labute approximate surface area is 247 Å². The zero-order chi connectivity index (χ0) is 28.7. The molecule has 0 aromatic heterocycles. The number of carbonyl (C=O) groups excluding carboxylic acids is 1. The van der Waals surface area contributed by atoms with Crippen LogP contribution in [0.15, 0.2) is 0 Å². The number of amides is 2. The SMILES string of the molecule is C[C@H]1CC[C@@]2(OC1)O[C@H]1C[C@H]3[C@@H]4CC[C@@H]5C[C@H](NC(=O)N6CCN(C(=N)N)CC6)CC[C@]5(C)[C@H]4CC[C@]3(C)[C@H]1[C@@H]2C. The summed E-state index contributed by atoms with van der Waals surface area (Å²) in [5.41, 5.74) is 6.41. The van der Waals surface area contributed by atoms with Crippen LogP contribution in [0.1, 0.15) is 91.9 Å². The van der Waals surface area contributed by atoms with Gasteiger partial charge in [0.15, 0.2) is 11.7 Å². The number of ether oxygens (including phenoxy) is 2. The zero-order valence-electron chi connectivity index (χ0n) is 26.0. The molecular weight excluding hydrogens is 514 g/mol. The zero-order valence-corrected chi connectivity index (χ0v) is 26.0. The minimum atomic E-state index is -0.319. The molecule has 41 heavy (non-hydrogen) atoms. The summed E-state index contributed by atoms with van der Waals surface area (Å²) in [5, 5.41) is 11.1. The lowest BCUT2D eigenvalue weighted by atomic mass is 9.44. The summed E-state index contributed by atoms with van der Waals surface area (Å²) in [7, 11) is 0. The molecule has 0 unspecified atom stereocenters. The number of hydrogen-bond acceptors (Lipinski definition) is 4. The van der Waals surface area contributed by atoms with Gasteiger partial charge in [0.25, 0.3) is 0 Å². The number of hydrogen-bond donors (Lipinski definition) is 3. The fraction of sp³-hybridized carbons (Fsp3) is 0.939. The van der Waals surface area contributed by atoms with E-state index in [9.17, 15) is 4.79 Å². The molecule has 8 nitrogen and oxygen atoms in total. The van der Waals surface area contributed by atoms with Crippen LogP contribution < -0.4 is 11.1 Å². The fourth-order valence-corrected chi connectivity index (χ4v) is 11.8. The minimum Gasteiger partial charge on any atom is -0.370 e. The van der Waals surface area contributed by atoms with Gasteiger partial charge in [-0.1, -0.05) is 27.7 Å². The van der Waals surface area contributed by atoms with Crippen molar-refractivity contribution < 1.29 is 14.3 Å². The number of carbonyl (C=O) groups is 1. The third-order valence-corrected chi connectivity index (χ3v) is 14.2. The van der Waals surface area contributed by atoms with Crippen LogP contribution in [-0.4, -0.2) is 72.5 Å². The third-order valence-electron chi connectivity index (χ3n) is 14.2. The molecule has 7 fully saturated rings. The molecule has 12 atom stereocenters. The summed E-state index contributed by atoms with van der Waals surface area (Å²) in [6.45, 7) is 13.5. The molecule has 0 aromatic rings. The van der Waals surface area contributed by atoms with E-state index in [1.807, 2.05) is 9.80 Å². The normalized spacial score (nSPS) is 51.0. The Bertz CT molecular complexity index is 1040. The van der Waals surface area contributed by atoms with Crippen molar-refractivity contribution in [2.45, 2.75) is 110 Å². The lowest BCUT2D eigenvalue weighted by Gasteiger charge is -2.61. The molecule has 1 spiro atoms. The van der Waals surface area contributed by atoms with Crippen LogP contribution in [0.2, 0.25) is 0 Å². The number of guanidine groups is 1. The van der Waals surface area contributed by atoms with Crippen molar-refractivity contribution >= 4 is 12.0 Å². The van der Waals surface area contributed by atoms with Crippen LogP contribution in [0.25, 0.3) is 0 Å². The van der Waals surface area contributed by atoms with Gasteiger partial charge in [-0.25, -0.2) is 4.79 Å². The van der Waals surface area contributed by atoms with E-state index in [1.54, 1.807) is 0 Å². The monoisotopic (exact) mass is 569 g/mol. The first-order valence-corrected chi connectivity index (χ1v) is 17.0. The Balaban J connectivity index is 0.991. The number of fused-ring (bicyclic) bond motifs is 7. The maximum absolute atomic E-state index is 13.1. The number of rotatable bonds is 1. The molecule has 4 N–H and O–H groups in total. The maximum atomic E-state index is 13.1. The molecule has 3 heterocycles. The average Bonchev–Trinajstić information content (AvgIpc) is 3.40. The second kappa shape index (κ2) is 10.0. The first-order chi connectivity index (χ1) is 19.5. The molecule has 8 heteroatoms. The molecule has 7 aliphatic rings. The number of urea groups is 1. The predicted molar refractivity (Wildman–Crippen MR) is 159 cm³/mol. The molecule has 3 saturated heterocycles. The number of nitrogens with two attached hydrogens (primary N) is 1. The van der Waals surface area contributed by atoms with E-state index in [2.05, 4.69) is 33.0 Å². The maximum Gasteiger partial charge on any atom is 0.317 e. The highest BCUT2D eigenvalue weighted by molar-refractivity contribution is 5.77. The highest BCUT2D eigenvalue weighted by Crippen LogP contribution is 2.71. The van der Waals surface area contributed by atoms with E-state index >= 15 is 0 Å². The lowest BCUT2D eigenvalue weighted by molar-refractivity contribution is -0.273. The molecule has 0 aromatic carbocycles. The van der Waals surface area contributed by atoms with Gasteiger partial charge in [-0.15, -0.1) is 0 Å². The summed E-state index contributed by atoms with van der Waals surface area (Å²) in [5.74, 6) is 4.68. The van der Waals surface area contributed by atoms with Crippen LogP contribution in [0.3, 0.4) is 0 Å². The van der Waals surface area contributed by atoms with Crippen molar-refractivity contribution in [2.24, 2.45) is 58.0 Å². The number of piperazine rings is 1. The molecule has 0 bridgehead atoms. The largest absolute Gasteiger partial charge is 0.370 e. The smallest absolute Gasteiger partial charge is 0.317 e. The Morgan fingerprint density at radius 2 is 1.63 bits per heavy atom. The van der Waals surface area contributed by atoms with Crippen molar-refractivity contribution in [3.63, 3.8) is 0 Å². The number of nitrogens with zero attached hydrogens (tertiary/aromatic N) is 2. The Hall–Kier alpha value is -1.54. The summed E-state index contributed by atoms with van der Waals surface area (Å²) < 4.78 is 13.5. The van der Waals surface area contributed by atoms with Gasteiger partial charge in [0, 0.05) is 44.6 Å². The van der Waals surface area contributed by atoms with Gasteiger partial charge in [0.1, 0.15) is 0 Å². The van der Waals surface area contributed by atoms with Crippen LogP contribution in [-0.2, 0) is 9.47 Å². The highest BCUT2D eigenvalue weighted by Gasteiger charge is 2.69. The molecule has 7 rings (SSSR count). The van der Waals surface area contributed by atoms with Crippen molar-refractivity contribution in [1.82, 2.24) is 15.1 Å². The lowest BCUT2D eigenvalue weighted by Crippen LogP contribution is -2.58. The van der Waals surface area contributed by atoms with Crippen LogP contribution in [0.5, 0.6) is 0 Å². The second-order valence-corrected chi connectivity index (χ2v) is 16.0. The van der Waals surface area contributed by atoms with Crippen molar-refractivity contribution in [2.75, 3.05) is 32.8 Å². The molecular formula is C33H55N5O3. The molecule has 2 amide bonds. The van der Waals surface area contributed by atoms with Gasteiger partial charge in [-0.2, -0.15) is 0 Å². The predicted octanol–water partition coefficient (Wildman–Crippen LogP) is 5.02. The number of nitrogens with one attached hydrogen (secondary N) is 2. The first-order valence-electron chi connectivity index (χ1n) is 17.0. The topological polar surface area (TPSA) is 104 Å². The molecule has 0 radical (unpaired) electrons. The van der Waals surface area contributed by atoms with E-state index in [0.29, 0.717) is 66.8 Å². The second-order valence-electron chi connectivity index (χ2n) is 16.0. The quantitative estimate of drug-likeness (QED) is 0.304. The highest BCUT2D eigenvalue weighted by atomic mass is 16.7. The van der Waals surface area contributed by atoms with Crippen LogP contribution >= 0.6 is 0 Å². The average molecular weight is 570 g/mol. The Morgan fingerprint density at radius 1 is 0.902 bits per heavy atom. The van der Waals surface area contributed by atoms with Crippen LogP contribution in [0, 0.1) is 57.7 Å². The van der Waals surface area contributed by atoms with E-state index < -0.39 is 0 Å². The van der Waals surface area contributed by atoms with Gasteiger partial charge >= 0.3 is 6.03 Å². The van der Waals surface area contributed by atoms with E-state index in [4.69, 9.17) is 20.6 Å². The summed E-state index contributed by atoms with van der Waals surface area (Å²) >= 11 is 0. The Morgan fingerprint density at radius 3 is 2.34 bits per heavy atom. The summed E-state index contributed by atoms with van der Waals surface area (Å²) in [4.78, 5) is 16.9. The fourth-order valence-electron chi connectivity index (χ4n) is 11.8. The molecule has 3 aliphatic heterocycles. The van der Waals surface area contributed by atoms with Gasteiger partial charge in [-0.05, 0) is 104 Å². The van der Waals surface area contributed by atoms with Gasteiger partial charge < -0.3 is 30.3 Å². The standard InChI is InChI=1S/C33H55N5O3/c1-20-7-12-33(40-19-20)21(2)28-27(41-33)18-26-24-6-5-22-17-23(8-10-31(22,3)25(24)9-11-32(26,28)4)36-30(39)38-15-13-37(14-16-38)29(34)35/h20-28H,5-19H2,1-4H3,(H3,34,35)(H,36,39)/t20-,21-,22+,23+,24+,25-,26-,27-,28-,31-,32-,33+/m0/s1. The van der Waals surface area contributed by atoms with Gasteiger partial charge in [-0.3, -0.25) is 5.41 Å². The van der Waals surface area contributed by atoms with Crippen LogP contribution in [0.4, 0.5) is 4.79 Å². The van der Waals surface area contributed by atoms with Gasteiger partial charge in [0.05, 0.1) is 12.7 Å². The summed E-state index contributed by atoms with van der Waals surface area (Å²) in [6.07, 6.45) is 12.7. The molecule has 4 aliphatic carbocycles. The summed E-state index contributed by atoms with van der Waals surface area (Å²) in [6, 6.07) is 0.357. The van der Waals surface area contributed by atoms with E-state index in [0.717, 1.165) is 43.6 Å². The minimum absolute atomic E-state index is 0.0738. The molecule has 4 saturated carbocycles. The Kier molecular flexibility index (Phi) is 6.89. The van der Waals surface area contributed by atoms with E-state index in [-0.39, 0.29) is 23.8 Å². The van der Waals surface area contributed by atoms with Crippen molar-refractivity contribution in [3.05, 3.63) is 0 Å². The van der Waals surface area contributed by atoms with Gasteiger partial charge in [0.2, 0.25) is 0 Å². The first kappa shape index (κ1) is 28.2. The molecule has 230 valence electrons. The third kappa shape index (κ3) is 4.35. The van der Waals surface area contributed by atoms with Crippen molar-refractivity contribution in [3.8, 4) is 0 Å².